The van der Waals surface area contributed by atoms with Gasteiger partial charge in [0.15, 0.2) is 0 Å². The van der Waals surface area contributed by atoms with E-state index < -0.39 is 0 Å². The monoisotopic (exact) mass is 273 g/mol. The summed E-state index contributed by atoms with van der Waals surface area (Å²) in [5.41, 5.74) is 1.21. The lowest BCUT2D eigenvalue weighted by molar-refractivity contribution is -0.143. The number of hydrogen-bond donors (Lipinski definition) is 0. The van der Waals surface area contributed by atoms with Crippen molar-refractivity contribution in [3.05, 3.63) is 35.9 Å². The van der Waals surface area contributed by atoms with E-state index in [0.29, 0.717) is 5.92 Å². The fourth-order valence-electron chi connectivity index (χ4n) is 2.89. The molecule has 3 rings (SSSR count). The smallest absolute Gasteiger partial charge is 0.252 e. The molecule has 1 aliphatic heterocycles. The Morgan fingerprint density at radius 1 is 1.30 bits per heavy atom. The Morgan fingerprint density at radius 3 is 2.65 bits per heavy atom. The summed E-state index contributed by atoms with van der Waals surface area (Å²) in [4.78, 5) is 14.8. The Bertz CT molecular complexity index is 449. The van der Waals surface area contributed by atoms with Crippen molar-refractivity contribution in [3.63, 3.8) is 0 Å². The molecule has 2 fully saturated rings. The maximum atomic E-state index is 12.7. The molecule has 1 aromatic carbocycles. The van der Waals surface area contributed by atoms with Crippen LogP contribution < -0.4 is 0 Å². The number of carbonyl (C=O) groups excluding carboxylic acids is 1. The number of ether oxygens (including phenoxy) is 1. The van der Waals surface area contributed by atoms with E-state index in [4.69, 9.17) is 4.74 Å². The number of amides is 1. The first-order valence-electron chi connectivity index (χ1n) is 7.72. The van der Waals surface area contributed by atoms with Crippen LogP contribution in [0, 0.1) is 5.92 Å². The van der Waals surface area contributed by atoms with Gasteiger partial charge in [0.25, 0.3) is 5.91 Å². The number of hydrogen-bond acceptors (Lipinski definition) is 2. The highest BCUT2D eigenvalue weighted by Crippen LogP contribution is 2.33. The predicted molar refractivity (Wildman–Crippen MR) is 78.3 cm³/mol. The minimum Gasteiger partial charge on any atom is -0.368 e. The third kappa shape index (κ3) is 3.04. The van der Waals surface area contributed by atoms with Gasteiger partial charge in [0.2, 0.25) is 0 Å². The first-order valence-corrected chi connectivity index (χ1v) is 7.72. The average Bonchev–Trinajstić information content (AvgIpc) is 3.14. The van der Waals surface area contributed by atoms with Crippen LogP contribution in [0.4, 0.5) is 0 Å². The second-order valence-corrected chi connectivity index (χ2v) is 6.02. The molecule has 1 saturated carbocycles. The summed E-state index contributed by atoms with van der Waals surface area (Å²) in [5.74, 6) is 0.886. The van der Waals surface area contributed by atoms with Gasteiger partial charge in [0, 0.05) is 13.2 Å². The molecule has 0 bridgehead atoms. The molecule has 3 heteroatoms. The van der Waals surface area contributed by atoms with Crippen molar-refractivity contribution in [2.24, 2.45) is 5.92 Å². The molecule has 0 aromatic heterocycles. The van der Waals surface area contributed by atoms with Crippen LogP contribution in [0.3, 0.4) is 0 Å². The Morgan fingerprint density at radius 2 is 2.05 bits per heavy atom. The molecule has 0 radical (unpaired) electrons. The largest absolute Gasteiger partial charge is 0.368 e. The van der Waals surface area contributed by atoms with Crippen LogP contribution in [-0.4, -0.2) is 30.1 Å². The second kappa shape index (κ2) is 5.96. The van der Waals surface area contributed by atoms with Gasteiger partial charge in [-0.3, -0.25) is 4.79 Å². The van der Waals surface area contributed by atoms with Crippen molar-refractivity contribution in [2.75, 3.05) is 13.2 Å². The molecular formula is C17H23NO2. The number of carbonyl (C=O) groups is 1. The van der Waals surface area contributed by atoms with Crippen LogP contribution in [0.1, 0.15) is 44.2 Å². The highest BCUT2D eigenvalue weighted by Gasteiger charge is 2.35. The van der Waals surface area contributed by atoms with Crippen molar-refractivity contribution in [2.45, 2.75) is 44.8 Å². The maximum absolute atomic E-state index is 12.7. The summed E-state index contributed by atoms with van der Waals surface area (Å²) < 4.78 is 5.59. The molecule has 2 atom stereocenters. The molecule has 1 saturated heterocycles. The lowest BCUT2D eigenvalue weighted by Gasteiger charge is -2.31. The quantitative estimate of drug-likeness (QED) is 0.824. The van der Waals surface area contributed by atoms with Crippen LogP contribution in [0.5, 0.6) is 0 Å². The average molecular weight is 273 g/mol. The van der Waals surface area contributed by atoms with Crippen LogP contribution in [0.15, 0.2) is 30.3 Å². The second-order valence-electron chi connectivity index (χ2n) is 6.02. The molecule has 2 aliphatic rings. The zero-order valence-electron chi connectivity index (χ0n) is 12.1. The van der Waals surface area contributed by atoms with E-state index in [9.17, 15) is 4.79 Å². The molecule has 1 aliphatic carbocycles. The molecule has 3 nitrogen and oxygen atoms in total. The van der Waals surface area contributed by atoms with Crippen LogP contribution >= 0.6 is 0 Å². The zero-order chi connectivity index (χ0) is 13.9. The third-order valence-electron chi connectivity index (χ3n) is 4.39. The van der Waals surface area contributed by atoms with Gasteiger partial charge in [-0.25, -0.2) is 0 Å². The van der Waals surface area contributed by atoms with E-state index in [0.717, 1.165) is 26.0 Å². The van der Waals surface area contributed by atoms with Gasteiger partial charge in [-0.1, -0.05) is 30.3 Å². The number of rotatable bonds is 5. The highest BCUT2D eigenvalue weighted by atomic mass is 16.5. The molecule has 0 N–H and O–H groups in total. The van der Waals surface area contributed by atoms with E-state index in [1.807, 2.05) is 23.1 Å². The summed E-state index contributed by atoms with van der Waals surface area (Å²) >= 11 is 0. The van der Waals surface area contributed by atoms with Crippen molar-refractivity contribution >= 4 is 5.91 Å². The summed E-state index contributed by atoms with van der Waals surface area (Å²) in [6.07, 6.45) is 4.20. The minimum atomic E-state index is -0.208. The molecule has 108 valence electrons. The van der Waals surface area contributed by atoms with Gasteiger partial charge < -0.3 is 9.64 Å². The third-order valence-corrected chi connectivity index (χ3v) is 4.39. The summed E-state index contributed by atoms with van der Waals surface area (Å²) in [6, 6.07) is 10.4. The van der Waals surface area contributed by atoms with Crippen molar-refractivity contribution in [1.82, 2.24) is 4.90 Å². The summed E-state index contributed by atoms with van der Waals surface area (Å²) in [7, 11) is 0. The topological polar surface area (TPSA) is 29.5 Å². The maximum Gasteiger partial charge on any atom is 0.252 e. The predicted octanol–water partition coefficient (Wildman–Crippen LogP) is 3.17. The fourth-order valence-corrected chi connectivity index (χ4v) is 2.89. The highest BCUT2D eigenvalue weighted by molar-refractivity contribution is 5.81. The number of nitrogens with zero attached hydrogens (tertiary/aromatic N) is 1. The first kappa shape index (κ1) is 13.6. The molecule has 0 spiro atoms. The van der Waals surface area contributed by atoms with Gasteiger partial charge >= 0.3 is 0 Å². The molecule has 0 unspecified atom stereocenters. The van der Waals surface area contributed by atoms with Crippen LogP contribution in [0.2, 0.25) is 0 Å². The molecule has 1 amide bonds. The lowest BCUT2D eigenvalue weighted by Crippen LogP contribution is -2.41. The van der Waals surface area contributed by atoms with Gasteiger partial charge in [0.1, 0.15) is 6.10 Å². The van der Waals surface area contributed by atoms with E-state index in [1.165, 1.54) is 18.4 Å². The van der Waals surface area contributed by atoms with Gasteiger partial charge in [-0.15, -0.1) is 0 Å². The van der Waals surface area contributed by atoms with Gasteiger partial charge in [-0.2, -0.15) is 0 Å². The summed E-state index contributed by atoms with van der Waals surface area (Å²) in [6.45, 7) is 3.74. The fraction of sp³-hybridized carbons (Fsp3) is 0.588. The number of benzene rings is 1. The Balaban J connectivity index is 1.75. The Hall–Kier alpha value is -1.35. The van der Waals surface area contributed by atoms with E-state index >= 15 is 0 Å². The van der Waals surface area contributed by atoms with E-state index in [1.54, 1.807) is 0 Å². The SMILES string of the molecule is C[C@@H](c1ccccc1)N(CC1CC1)C(=O)[C@@H]1CCCO1. The molecular weight excluding hydrogens is 250 g/mol. The van der Waals surface area contributed by atoms with E-state index in [-0.39, 0.29) is 18.1 Å². The standard InChI is InChI=1S/C17H23NO2/c1-13(15-6-3-2-4-7-15)18(12-14-9-10-14)17(19)16-8-5-11-20-16/h2-4,6-7,13-14,16H,5,8-12H2,1H3/t13-,16-/m0/s1. The van der Waals surface area contributed by atoms with Gasteiger partial charge in [0.05, 0.1) is 6.04 Å². The van der Waals surface area contributed by atoms with Crippen molar-refractivity contribution in [1.29, 1.82) is 0 Å². The van der Waals surface area contributed by atoms with Crippen LogP contribution in [-0.2, 0) is 9.53 Å². The van der Waals surface area contributed by atoms with E-state index in [2.05, 4.69) is 19.1 Å². The van der Waals surface area contributed by atoms with Crippen molar-refractivity contribution < 1.29 is 9.53 Å². The lowest BCUT2D eigenvalue weighted by atomic mass is 10.1. The van der Waals surface area contributed by atoms with Crippen LogP contribution in [0.25, 0.3) is 0 Å². The molecule has 1 aromatic rings. The molecule has 1 heterocycles. The normalized spacial score (nSPS) is 23.6. The Kier molecular flexibility index (Phi) is 4.06. The minimum absolute atomic E-state index is 0.133. The van der Waals surface area contributed by atoms with Gasteiger partial charge in [-0.05, 0) is 44.1 Å². The summed E-state index contributed by atoms with van der Waals surface area (Å²) in [5, 5.41) is 0. The first-order chi connectivity index (χ1) is 9.75. The molecule has 20 heavy (non-hydrogen) atoms. The van der Waals surface area contributed by atoms with Crippen molar-refractivity contribution in [3.8, 4) is 0 Å². The zero-order valence-corrected chi connectivity index (χ0v) is 12.1. The Labute approximate surface area is 120 Å².